The third kappa shape index (κ3) is 4.00. The van der Waals surface area contributed by atoms with Crippen molar-refractivity contribution >= 4 is 56.8 Å². The van der Waals surface area contributed by atoms with Crippen molar-refractivity contribution in [2.24, 2.45) is 0 Å². The molecule has 2 aromatic carbocycles. The average Bonchev–Trinajstić information content (AvgIpc) is 2.63. The van der Waals surface area contributed by atoms with Crippen molar-refractivity contribution < 1.29 is 14.3 Å². The highest BCUT2D eigenvalue weighted by atomic mass is 79.9. The molecule has 1 saturated heterocycles. The highest BCUT2D eigenvalue weighted by Crippen LogP contribution is 2.29. The van der Waals surface area contributed by atoms with Crippen molar-refractivity contribution in [3.05, 3.63) is 63.1 Å². The zero-order valence-electron chi connectivity index (χ0n) is 15.7. The van der Waals surface area contributed by atoms with E-state index in [0.717, 1.165) is 15.6 Å². The van der Waals surface area contributed by atoms with Crippen LogP contribution in [0.15, 0.2) is 46.4 Å². The minimum absolute atomic E-state index is 0.0190. The van der Waals surface area contributed by atoms with E-state index in [1.807, 2.05) is 39.0 Å². The second-order valence-electron chi connectivity index (χ2n) is 6.37. The number of amides is 2. The lowest BCUT2D eigenvalue weighted by Crippen LogP contribution is -2.54. The summed E-state index contributed by atoms with van der Waals surface area (Å²) in [5.74, 6) is -0.267. The van der Waals surface area contributed by atoms with Crippen LogP contribution in [-0.2, 0) is 9.59 Å². The number of nitrogens with zero attached hydrogens (tertiary/aromatic N) is 1. The third-order valence-corrected chi connectivity index (χ3v) is 5.18. The maximum atomic E-state index is 13.1. The van der Waals surface area contributed by atoms with Crippen molar-refractivity contribution in [1.29, 1.82) is 0 Å². The Morgan fingerprint density at radius 3 is 2.61 bits per heavy atom. The topological polar surface area (TPSA) is 58.6 Å². The number of carbonyl (C=O) groups is 2. The van der Waals surface area contributed by atoms with E-state index < -0.39 is 11.8 Å². The fraction of sp³-hybridized carbons (Fsp3) is 0.190. The molecular weight excluding hydrogens is 440 g/mol. The minimum Gasteiger partial charge on any atom is -0.493 e. The van der Waals surface area contributed by atoms with Crippen LogP contribution < -0.4 is 15.0 Å². The summed E-state index contributed by atoms with van der Waals surface area (Å²) in [5.41, 5.74) is 3.26. The second-order valence-corrected chi connectivity index (χ2v) is 7.61. The van der Waals surface area contributed by atoms with E-state index in [-0.39, 0.29) is 10.7 Å². The van der Waals surface area contributed by atoms with Crippen LogP contribution in [0.5, 0.6) is 5.75 Å². The van der Waals surface area contributed by atoms with Crippen LogP contribution in [-0.4, -0.2) is 23.5 Å². The van der Waals surface area contributed by atoms with E-state index in [2.05, 4.69) is 21.2 Å². The molecule has 0 aromatic heterocycles. The average molecular weight is 459 g/mol. The van der Waals surface area contributed by atoms with Gasteiger partial charge in [0.2, 0.25) is 0 Å². The molecular formula is C21H19BrN2O3S. The van der Waals surface area contributed by atoms with Gasteiger partial charge in [-0.15, -0.1) is 0 Å². The van der Waals surface area contributed by atoms with Gasteiger partial charge in [-0.2, -0.15) is 0 Å². The maximum absolute atomic E-state index is 13.1. The number of ether oxygens (including phenoxy) is 1. The Labute approximate surface area is 177 Å². The number of hydrogen-bond donors (Lipinski definition) is 1. The van der Waals surface area contributed by atoms with E-state index >= 15 is 0 Å². The lowest BCUT2D eigenvalue weighted by Gasteiger charge is -2.30. The van der Waals surface area contributed by atoms with Gasteiger partial charge >= 0.3 is 0 Å². The second kappa shape index (κ2) is 8.24. The van der Waals surface area contributed by atoms with Crippen LogP contribution in [0.1, 0.15) is 23.6 Å². The molecule has 3 rings (SSSR count). The molecule has 1 heterocycles. The molecule has 0 atom stereocenters. The summed E-state index contributed by atoms with van der Waals surface area (Å²) in [5, 5.41) is 2.69. The number of nitrogens with one attached hydrogen (secondary N) is 1. The zero-order chi connectivity index (χ0) is 20.4. The number of hydrogen-bond acceptors (Lipinski definition) is 4. The molecule has 144 valence electrons. The van der Waals surface area contributed by atoms with Gasteiger partial charge in [0.15, 0.2) is 5.11 Å². The summed E-state index contributed by atoms with van der Waals surface area (Å²) in [7, 11) is 0. The number of carbonyl (C=O) groups excluding carboxylic acids is 2. The number of anilines is 1. The monoisotopic (exact) mass is 458 g/mol. The summed E-state index contributed by atoms with van der Waals surface area (Å²) in [4.78, 5) is 27.0. The molecule has 2 amide bonds. The summed E-state index contributed by atoms with van der Waals surface area (Å²) < 4.78 is 6.24. The Hall–Kier alpha value is -2.51. The summed E-state index contributed by atoms with van der Waals surface area (Å²) in [6.45, 7) is 6.28. The quantitative estimate of drug-likeness (QED) is 0.421. The van der Waals surface area contributed by atoms with Crippen LogP contribution in [0.4, 0.5) is 5.69 Å². The van der Waals surface area contributed by atoms with Crippen molar-refractivity contribution in [1.82, 2.24) is 5.32 Å². The Bertz CT molecular complexity index is 1020. The lowest BCUT2D eigenvalue weighted by atomic mass is 10.0. The standard InChI is InChI=1S/C21H19BrN2O3S/c1-4-27-18-8-7-14(11-16(18)22)10-15-19(25)23-21(28)24(20(15)26)17-9-12(2)5-6-13(17)3/h5-11H,4H2,1-3H3,(H,23,25,28)/b15-10+. The maximum Gasteiger partial charge on any atom is 0.270 e. The first kappa shape index (κ1) is 20.2. The number of aryl methyl sites for hydroxylation is 2. The molecule has 0 aliphatic carbocycles. The van der Waals surface area contributed by atoms with Gasteiger partial charge in [-0.25, -0.2) is 0 Å². The van der Waals surface area contributed by atoms with Gasteiger partial charge in [0, 0.05) is 0 Å². The predicted octanol–water partition coefficient (Wildman–Crippen LogP) is 4.30. The molecule has 0 saturated carbocycles. The molecule has 1 aliphatic heterocycles. The number of thiocarbonyl (C=S) groups is 1. The SMILES string of the molecule is CCOc1ccc(/C=C2\C(=O)NC(=S)N(c3cc(C)ccc3C)C2=O)cc1Br. The Kier molecular flexibility index (Phi) is 5.96. The van der Waals surface area contributed by atoms with Gasteiger partial charge in [0.25, 0.3) is 11.8 Å². The third-order valence-electron chi connectivity index (χ3n) is 4.27. The molecule has 1 N–H and O–H groups in total. The summed E-state index contributed by atoms with van der Waals surface area (Å²) in [6.07, 6.45) is 1.55. The van der Waals surface area contributed by atoms with Crippen LogP contribution in [0.2, 0.25) is 0 Å². The molecule has 5 nitrogen and oxygen atoms in total. The zero-order valence-corrected chi connectivity index (χ0v) is 18.1. The molecule has 0 bridgehead atoms. The van der Waals surface area contributed by atoms with Gasteiger partial charge < -0.3 is 4.74 Å². The van der Waals surface area contributed by atoms with Crippen molar-refractivity contribution in [2.45, 2.75) is 20.8 Å². The van der Waals surface area contributed by atoms with Crippen LogP contribution in [0.25, 0.3) is 6.08 Å². The van der Waals surface area contributed by atoms with Crippen molar-refractivity contribution in [2.75, 3.05) is 11.5 Å². The molecule has 7 heteroatoms. The summed E-state index contributed by atoms with van der Waals surface area (Å²) >= 11 is 8.72. The first-order valence-corrected chi connectivity index (χ1v) is 9.93. The van der Waals surface area contributed by atoms with Crippen LogP contribution in [0, 0.1) is 13.8 Å². The Morgan fingerprint density at radius 2 is 1.93 bits per heavy atom. The summed E-state index contributed by atoms with van der Waals surface area (Å²) in [6, 6.07) is 11.1. The van der Waals surface area contributed by atoms with Crippen LogP contribution >= 0.6 is 28.1 Å². The molecule has 2 aromatic rings. The number of halogens is 1. The lowest BCUT2D eigenvalue weighted by molar-refractivity contribution is -0.122. The predicted molar refractivity (Wildman–Crippen MR) is 117 cm³/mol. The smallest absolute Gasteiger partial charge is 0.270 e. The van der Waals surface area contributed by atoms with Gasteiger partial charge in [-0.3, -0.25) is 19.8 Å². The van der Waals surface area contributed by atoms with Gasteiger partial charge in [-0.05, 0) is 89.9 Å². The van der Waals surface area contributed by atoms with E-state index in [1.54, 1.807) is 24.3 Å². The molecule has 28 heavy (non-hydrogen) atoms. The highest BCUT2D eigenvalue weighted by Gasteiger charge is 2.35. The molecule has 0 spiro atoms. The molecule has 0 unspecified atom stereocenters. The van der Waals surface area contributed by atoms with E-state index in [1.165, 1.54) is 4.90 Å². The highest BCUT2D eigenvalue weighted by molar-refractivity contribution is 9.10. The normalized spacial score (nSPS) is 15.8. The molecule has 1 aliphatic rings. The molecule has 1 fully saturated rings. The van der Waals surface area contributed by atoms with Gasteiger partial charge in [-0.1, -0.05) is 18.2 Å². The van der Waals surface area contributed by atoms with E-state index in [9.17, 15) is 9.59 Å². The number of rotatable bonds is 4. The number of benzene rings is 2. The fourth-order valence-corrected chi connectivity index (χ4v) is 3.67. The minimum atomic E-state index is -0.512. The van der Waals surface area contributed by atoms with Crippen molar-refractivity contribution in [3.8, 4) is 5.75 Å². The molecule has 0 radical (unpaired) electrons. The first-order valence-electron chi connectivity index (χ1n) is 8.73. The van der Waals surface area contributed by atoms with E-state index in [0.29, 0.717) is 23.6 Å². The van der Waals surface area contributed by atoms with Gasteiger partial charge in [0.05, 0.1) is 16.8 Å². The fourth-order valence-electron chi connectivity index (χ4n) is 2.88. The Balaban J connectivity index is 2.01. The van der Waals surface area contributed by atoms with Crippen LogP contribution in [0.3, 0.4) is 0 Å². The first-order chi connectivity index (χ1) is 13.3. The largest absolute Gasteiger partial charge is 0.493 e. The van der Waals surface area contributed by atoms with Crippen molar-refractivity contribution in [3.63, 3.8) is 0 Å². The van der Waals surface area contributed by atoms with Gasteiger partial charge in [0.1, 0.15) is 11.3 Å². The van der Waals surface area contributed by atoms with E-state index in [4.69, 9.17) is 17.0 Å². The Morgan fingerprint density at radius 1 is 1.18 bits per heavy atom.